The van der Waals surface area contributed by atoms with Crippen LogP contribution >= 0.6 is 0 Å². The van der Waals surface area contributed by atoms with Gasteiger partial charge in [-0.25, -0.2) is 0 Å². The maximum Gasteiger partial charge on any atom is 0.217 e. The number of hydrogen-bond acceptors (Lipinski definition) is 7. The van der Waals surface area contributed by atoms with Gasteiger partial charge in [0.05, 0.1) is 18.8 Å². The zero-order valence-corrected chi connectivity index (χ0v) is 17.9. The van der Waals surface area contributed by atoms with Gasteiger partial charge >= 0.3 is 0 Å². The van der Waals surface area contributed by atoms with E-state index in [1.165, 1.54) is 39.0 Å². The summed E-state index contributed by atoms with van der Waals surface area (Å²) >= 11 is 0. The summed E-state index contributed by atoms with van der Waals surface area (Å²) in [5.41, 5.74) is 0. The molecular weight excluding hydrogens is 378 g/mol. The van der Waals surface area contributed by atoms with Gasteiger partial charge in [-0.05, 0) is 6.42 Å². The molecule has 1 fully saturated rings. The van der Waals surface area contributed by atoms with Crippen LogP contribution in [0.15, 0.2) is 0 Å². The Hall–Kier alpha value is -0.770. The molecule has 0 aromatic heterocycles. The van der Waals surface area contributed by atoms with E-state index in [1.807, 2.05) is 0 Å². The van der Waals surface area contributed by atoms with Crippen molar-refractivity contribution in [1.29, 1.82) is 0 Å². The van der Waals surface area contributed by atoms with E-state index < -0.39 is 48.8 Å². The second kappa shape index (κ2) is 13.5. The molecule has 0 bridgehead atoms. The predicted molar refractivity (Wildman–Crippen MR) is 109 cm³/mol. The zero-order valence-electron chi connectivity index (χ0n) is 17.9. The fourth-order valence-corrected chi connectivity index (χ4v) is 3.94. The molecule has 1 rings (SSSR count). The summed E-state index contributed by atoms with van der Waals surface area (Å²) in [7, 11) is 0. The van der Waals surface area contributed by atoms with Crippen LogP contribution in [0, 0.1) is 0 Å². The molecule has 0 aliphatic carbocycles. The van der Waals surface area contributed by atoms with Crippen LogP contribution in [0.25, 0.3) is 0 Å². The van der Waals surface area contributed by atoms with Gasteiger partial charge < -0.3 is 35.6 Å². The molecule has 1 amide bonds. The van der Waals surface area contributed by atoms with Gasteiger partial charge in [0, 0.05) is 19.8 Å². The average Bonchev–Trinajstić information content (AvgIpc) is 2.67. The highest BCUT2D eigenvalue weighted by atomic mass is 16.6. The Kier molecular flexibility index (Phi) is 12.2. The summed E-state index contributed by atoms with van der Waals surface area (Å²) in [4.78, 5) is 11.4. The highest BCUT2D eigenvalue weighted by Crippen LogP contribution is 2.34. The van der Waals surface area contributed by atoms with Crippen molar-refractivity contribution in [2.75, 3.05) is 6.61 Å². The number of rotatable bonds is 14. The van der Waals surface area contributed by atoms with Gasteiger partial charge in [-0.15, -0.1) is 0 Å². The fraction of sp³-hybridized carbons (Fsp3) is 0.952. The summed E-state index contributed by atoms with van der Waals surface area (Å²) in [5, 5.41) is 53.0. The highest BCUT2D eigenvalue weighted by Gasteiger charge is 2.49. The maximum absolute atomic E-state index is 11.4. The monoisotopic (exact) mass is 419 g/mol. The molecule has 0 aromatic rings. The van der Waals surface area contributed by atoms with E-state index in [-0.39, 0.29) is 12.8 Å². The SMILES string of the molecule is CCCCCCCCCCC[C@]1(O)C[C@H](O)[C@@H](NC(C)=O)[C@H]([C@H](O)[C@H](O)CO)O1. The van der Waals surface area contributed by atoms with E-state index in [9.17, 15) is 25.2 Å². The van der Waals surface area contributed by atoms with Crippen molar-refractivity contribution < 1.29 is 35.1 Å². The summed E-state index contributed by atoms with van der Waals surface area (Å²) in [6.45, 7) is 2.75. The van der Waals surface area contributed by atoms with Crippen LogP contribution in [0.5, 0.6) is 0 Å². The summed E-state index contributed by atoms with van der Waals surface area (Å²) in [6.07, 6.45) is 4.81. The van der Waals surface area contributed by atoms with Gasteiger partial charge in [0.1, 0.15) is 18.3 Å². The Labute approximate surface area is 174 Å². The van der Waals surface area contributed by atoms with Crippen molar-refractivity contribution in [2.45, 2.75) is 121 Å². The smallest absolute Gasteiger partial charge is 0.217 e. The van der Waals surface area contributed by atoms with Crippen LogP contribution in [-0.4, -0.2) is 74.3 Å². The number of aliphatic hydroxyl groups is 5. The topological polar surface area (TPSA) is 139 Å². The lowest BCUT2D eigenvalue weighted by Gasteiger charge is -2.46. The van der Waals surface area contributed by atoms with Gasteiger partial charge in [-0.1, -0.05) is 58.3 Å². The first-order valence-corrected chi connectivity index (χ1v) is 11.1. The molecule has 1 aliphatic heterocycles. The Morgan fingerprint density at radius 1 is 1.10 bits per heavy atom. The first-order chi connectivity index (χ1) is 13.7. The second-order valence-electron chi connectivity index (χ2n) is 8.35. The van der Waals surface area contributed by atoms with E-state index in [1.54, 1.807) is 0 Å². The number of unbranched alkanes of at least 4 members (excludes halogenated alkanes) is 8. The van der Waals surface area contributed by atoms with Crippen molar-refractivity contribution in [1.82, 2.24) is 5.32 Å². The Morgan fingerprint density at radius 3 is 2.17 bits per heavy atom. The lowest BCUT2D eigenvalue weighted by Crippen LogP contribution is -2.65. The van der Waals surface area contributed by atoms with E-state index in [4.69, 9.17) is 9.84 Å². The molecule has 1 saturated heterocycles. The van der Waals surface area contributed by atoms with Gasteiger partial charge in [0.2, 0.25) is 5.91 Å². The molecule has 6 atom stereocenters. The average molecular weight is 420 g/mol. The number of aliphatic hydroxyl groups excluding tert-OH is 4. The number of carbonyl (C=O) groups excluding carboxylic acids is 1. The van der Waals surface area contributed by atoms with Crippen molar-refractivity contribution in [2.24, 2.45) is 0 Å². The number of amides is 1. The molecule has 0 spiro atoms. The number of ether oxygens (including phenoxy) is 1. The number of carbonyl (C=O) groups is 1. The highest BCUT2D eigenvalue weighted by molar-refractivity contribution is 5.73. The minimum Gasteiger partial charge on any atom is -0.394 e. The Balaban J connectivity index is 2.54. The number of hydrogen-bond donors (Lipinski definition) is 6. The Morgan fingerprint density at radius 2 is 1.66 bits per heavy atom. The molecule has 8 heteroatoms. The minimum atomic E-state index is -1.66. The van der Waals surface area contributed by atoms with Crippen molar-refractivity contribution in [3.63, 3.8) is 0 Å². The Bertz CT molecular complexity index is 464. The zero-order chi connectivity index (χ0) is 21.9. The van der Waals surface area contributed by atoms with Gasteiger partial charge in [-0.3, -0.25) is 4.79 Å². The lowest BCUT2D eigenvalue weighted by molar-refractivity contribution is -0.304. The van der Waals surface area contributed by atoms with Crippen LogP contribution in [0.3, 0.4) is 0 Å². The molecule has 6 N–H and O–H groups in total. The molecule has 29 heavy (non-hydrogen) atoms. The maximum atomic E-state index is 11.4. The van der Waals surface area contributed by atoms with Crippen LogP contribution in [-0.2, 0) is 9.53 Å². The van der Waals surface area contributed by atoms with Gasteiger partial charge in [0.15, 0.2) is 5.79 Å². The molecule has 1 aliphatic rings. The number of nitrogens with one attached hydrogen (secondary N) is 1. The predicted octanol–water partition coefficient (Wildman–Crippen LogP) is 0.964. The van der Waals surface area contributed by atoms with Crippen molar-refractivity contribution in [3.05, 3.63) is 0 Å². The van der Waals surface area contributed by atoms with Gasteiger partial charge in [0.25, 0.3) is 0 Å². The van der Waals surface area contributed by atoms with Crippen molar-refractivity contribution >= 4 is 5.91 Å². The van der Waals surface area contributed by atoms with E-state index in [0.29, 0.717) is 6.42 Å². The second-order valence-corrected chi connectivity index (χ2v) is 8.35. The third-order valence-corrected chi connectivity index (χ3v) is 5.61. The molecule has 0 saturated carbocycles. The normalized spacial score (nSPS) is 29.4. The summed E-state index contributed by atoms with van der Waals surface area (Å²) in [6, 6.07) is -0.993. The van der Waals surface area contributed by atoms with E-state index in [0.717, 1.165) is 19.3 Å². The largest absolute Gasteiger partial charge is 0.394 e. The lowest BCUT2D eigenvalue weighted by atomic mass is 9.87. The fourth-order valence-electron chi connectivity index (χ4n) is 3.94. The third-order valence-electron chi connectivity index (χ3n) is 5.61. The molecular formula is C21H41NO7. The third kappa shape index (κ3) is 9.27. The molecule has 0 unspecified atom stereocenters. The standard InChI is InChI=1S/C21H41NO7/c1-3-4-5-6-7-8-9-10-11-12-21(28)13-16(25)18(22-15(2)24)20(29-21)19(27)17(26)14-23/h16-20,23,25-28H,3-14H2,1-2H3,(H,22,24)/t16-,17+,18+,19+,20+,21+/m0/s1. The molecule has 172 valence electrons. The molecule has 8 nitrogen and oxygen atoms in total. The first kappa shape index (κ1) is 26.3. The van der Waals surface area contributed by atoms with E-state index >= 15 is 0 Å². The van der Waals surface area contributed by atoms with Crippen LogP contribution < -0.4 is 5.32 Å². The van der Waals surface area contributed by atoms with Crippen LogP contribution in [0.4, 0.5) is 0 Å². The van der Waals surface area contributed by atoms with Crippen molar-refractivity contribution in [3.8, 4) is 0 Å². The quantitative estimate of drug-likeness (QED) is 0.231. The molecule has 0 aromatic carbocycles. The summed E-state index contributed by atoms with van der Waals surface area (Å²) < 4.78 is 5.67. The van der Waals surface area contributed by atoms with Gasteiger partial charge in [-0.2, -0.15) is 0 Å². The van der Waals surface area contributed by atoms with Crippen LogP contribution in [0.2, 0.25) is 0 Å². The minimum absolute atomic E-state index is 0.104. The molecule has 1 heterocycles. The molecule has 0 radical (unpaired) electrons. The first-order valence-electron chi connectivity index (χ1n) is 11.1. The van der Waals surface area contributed by atoms with Crippen LogP contribution in [0.1, 0.15) is 84.5 Å². The summed E-state index contributed by atoms with van der Waals surface area (Å²) in [5.74, 6) is -2.09. The van der Waals surface area contributed by atoms with E-state index in [2.05, 4.69) is 12.2 Å².